The molecular weight excluding hydrogens is 240 g/mol. The minimum absolute atomic E-state index is 0.280. The van der Waals surface area contributed by atoms with Crippen molar-refractivity contribution in [2.45, 2.75) is 6.92 Å². The zero-order valence-corrected chi connectivity index (χ0v) is 9.78. The molecule has 0 aliphatic heterocycles. The van der Waals surface area contributed by atoms with Crippen LogP contribution >= 0.6 is 11.3 Å². The number of anilines is 2. The number of aryl methyl sites for hydroxylation is 1. The van der Waals surface area contributed by atoms with Crippen molar-refractivity contribution in [1.29, 1.82) is 0 Å². The number of carbonyl (C=O) groups excluding carboxylic acids is 1. The van der Waals surface area contributed by atoms with Crippen LogP contribution in [0.4, 0.5) is 10.9 Å². The summed E-state index contributed by atoms with van der Waals surface area (Å²) in [7, 11) is 0. The molecule has 2 aromatic rings. The number of rotatable bonds is 3. The SMILES string of the molecule is Cc1nnc(NC(=O)c2ccc(NN)nc2)s1. The first-order valence-electron chi connectivity index (χ1n) is 4.73. The molecule has 2 rings (SSSR count). The molecule has 0 radical (unpaired) electrons. The maximum absolute atomic E-state index is 11.8. The highest BCUT2D eigenvalue weighted by Crippen LogP contribution is 2.15. The molecule has 0 spiro atoms. The normalized spacial score (nSPS) is 10.0. The Morgan fingerprint density at radius 1 is 1.41 bits per heavy atom. The van der Waals surface area contributed by atoms with Crippen LogP contribution in [0.25, 0.3) is 0 Å². The third-order valence-electron chi connectivity index (χ3n) is 1.92. The molecule has 4 N–H and O–H groups in total. The molecule has 0 aliphatic rings. The van der Waals surface area contributed by atoms with E-state index in [-0.39, 0.29) is 5.91 Å². The van der Waals surface area contributed by atoms with Crippen molar-refractivity contribution in [3.05, 3.63) is 28.9 Å². The predicted octanol–water partition coefficient (Wildman–Crippen LogP) is 0.779. The average molecular weight is 250 g/mol. The number of hydrazine groups is 1. The molecule has 0 aliphatic carbocycles. The monoisotopic (exact) mass is 250 g/mol. The van der Waals surface area contributed by atoms with Crippen molar-refractivity contribution in [1.82, 2.24) is 15.2 Å². The highest BCUT2D eigenvalue weighted by atomic mass is 32.1. The first-order chi connectivity index (χ1) is 8.19. The largest absolute Gasteiger partial charge is 0.308 e. The second-order valence-electron chi connectivity index (χ2n) is 3.16. The van der Waals surface area contributed by atoms with E-state index < -0.39 is 0 Å². The van der Waals surface area contributed by atoms with Gasteiger partial charge in [-0.05, 0) is 19.1 Å². The van der Waals surface area contributed by atoms with Crippen LogP contribution in [0.15, 0.2) is 18.3 Å². The van der Waals surface area contributed by atoms with Crippen LogP contribution in [0.3, 0.4) is 0 Å². The molecule has 2 heterocycles. The number of nitrogen functional groups attached to an aromatic ring is 1. The zero-order valence-electron chi connectivity index (χ0n) is 8.97. The molecule has 0 aromatic carbocycles. The Labute approximate surface area is 101 Å². The molecule has 0 atom stereocenters. The molecule has 88 valence electrons. The van der Waals surface area contributed by atoms with Gasteiger partial charge in [-0.2, -0.15) is 0 Å². The Morgan fingerprint density at radius 2 is 2.24 bits per heavy atom. The van der Waals surface area contributed by atoms with Gasteiger partial charge < -0.3 is 5.43 Å². The molecule has 7 nitrogen and oxygen atoms in total. The van der Waals surface area contributed by atoms with E-state index in [2.05, 4.69) is 25.9 Å². The maximum atomic E-state index is 11.8. The summed E-state index contributed by atoms with van der Waals surface area (Å²) in [4.78, 5) is 15.7. The number of pyridine rings is 1. The van der Waals surface area contributed by atoms with Crippen LogP contribution in [0.1, 0.15) is 15.4 Å². The van der Waals surface area contributed by atoms with Gasteiger partial charge in [0, 0.05) is 6.20 Å². The fraction of sp³-hybridized carbons (Fsp3) is 0.111. The van der Waals surface area contributed by atoms with Gasteiger partial charge in [0.1, 0.15) is 10.8 Å². The van der Waals surface area contributed by atoms with E-state index in [1.165, 1.54) is 17.5 Å². The third kappa shape index (κ3) is 2.74. The topological polar surface area (TPSA) is 106 Å². The lowest BCUT2D eigenvalue weighted by Gasteiger charge is -2.02. The van der Waals surface area contributed by atoms with Gasteiger partial charge in [-0.15, -0.1) is 10.2 Å². The molecule has 0 saturated heterocycles. The van der Waals surface area contributed by atoms with Gasteiger partial charge in [0.25, 0.3) is 5.91 Å². The molecule has 8 heteroatoms. The standard InChI is InChI=1S/C9H10N6OS/c1-5-14-15-9(17-5)12-8(16)6-2-3-7(13-10)11-4-6/h2-4H,10H2,1H3,(H,11,13)(H,12,15,16). The molecule has 0 saturated carbocycles. The summed E-state index contributed by atoms with van der Waals surface area (Å²) in [5.41, 5.74) is 2.81. The maximum Gasteiger partial charge on any atom is 0.259 e. The summed E-state index contributed by atoms with van der Waals surface area (Å²) in [6.45, 7) is 1.82. The zero-order chi connectivity index (χ0) is 12.3. The Hall–Kier alpha value is -2.06. The van der Waals surface area contributed by atoms with Crippen LogP contribution < -0.4 is 16.6 Å². The first kappa shape index (κ1) is 11.4. The Kier molecular flexibility index (Phi) is 3.26. The molecule has 2 aromatic heterocycles. The molecule has 17 heavy (non-hydrogen) atoms. The smallest absolute Gasteiger partial charge is 0.259 e. The van der Waals surface area contributed by atoms with Crippen LogP contribution in [0.2, 0.25) is 0 Å². The number of carbonyl (C=O) groups is 1. The van der Waals surface area contributed by atoms with E-state index in [0.717, 1.165) is 5.01 Å². The van der Waals surface area contributed by atoms with Gasteiger partial charge in [0.05, 0.1) is 5.56 Å². The Morgan fingerprint density at radius 3 is 2.76 bits per heavy atom. The lowest BCUT2D eigenvalue weighted by atomic mass is 10.2. The summed E-state index contributed by atoms with van der Waals surface area (Å²) in [6.07, 6.45) is 1.43. The minimum atomic E-state index is -0.280. The quantitative estimate of drug-likeness (QED) is 0.549. The number of aromatic nitrogens is 3. The van der Waals surface area contributed by atoms with Crippen LogP contribution in [-0.2, 0) is 0 Å². The predicted molar refractivity (Wildman–Crippen MR) is 64.6 cm³/mol. The number of hydrogen-bond acceptors (Lipinski definition) is 7. The Balaban J connectivity index is 2.09. The summed E-state index contributed by atoms with van der Waals surface area (Å²) < 4.78 is 0. The van der Waals surface area contributed by atoms with E-state index in [9.17, 15) is 4.79 Å². The summed E-state index contributed by atoms with van der Waals surface area (Å²) in [6, 6.07) is 3.23. The number of nitrogens with zero attached hydrogens (tertiary/aromatic N) is 3. The minimum Gasteiger partial charge on any atom is -0.308 e. The van der Waals surface area contributed by atoms with Gasteiger partial charge in [0.2, 0.25) is 5.13 Å². The highest BCUT2D eigenvalue weighted by molar-refractivity contribution is 7.15. The van der Waals surface area contributed by atoms with E-state index >= 15 is 0 Å². The fourth-order valence-corrected chi connectivity index (χ4v) is 1.72. The van der Waals surface area contributed by atoms with Gasteiger partial charge in [0.15, 0.2) is 0 Å². The van der Waals surface area contributed by atoms with Crippen LogP contribution in [-0.4, -0.2) is 21.1 Å². The van der Waals surface area contributed by atoms with Gasteiger partial charge in [-0.3, -0.25) is 10.1 Å². The fourth-order valence-electron chi connectivity index (χ4n) is 1.13. The van der Waals surface area contributed by atoms with Gasteiger partial charge in [-0.1, -0.05) is 11.3 Å². The number of nitrogens with one attached hydrogen (secondary N) is 2. The number of nitrogens with two attached hydrogens (primary N) is 1. The van der Waals surface area contributed by atoms with Crippen LogP contribution in [0.5, 0.6) is 0 Å². The van der Waals surface area contributed by atoms with E-state index in [0.29, 0.717) is 16.5 Å². The molecular formula is C9H10N6OS. The highest BCUT2D eigenvalue weighted by Gasteiger charge is 2.09. The molecule has 0 fully saturated rings. The summed E-state index contributed by atoms with van der Waals surface area (Å²) in [5, 5.41) is 11.5. The van der Waals surface area contributed by atoms with Crippen molar-refractivity contribution in [2.24, 2.45) is 5.84 Å². The van der Waals surface area contributed by atoms with Crippen LogP contribution in [0, 0.1) is 6.92 Å². The van der Waals surface area contributed by atoms with E-state index in [1.54, 1.807) is 12.1 Å². The summed E-state index contributed by atoms with van der Waals surface area (Å²) in [5.74, 6) is 5.39. The van der Waals surface area contributed by atoms with Crippen molar-refractivity contribution in [3.63, 3.8) is 0 Å². The van der Waals surface area contributed by atoms with Crippen molar-refractivity contribution in [2.75, 3.05) is 10.7 Å². The van der Waals surface area contributed by atoms with Crippen molar-refractivity contribution in [3.8, 4) is 0 Å². The van der Waals surface area contributed by atoms with Crippen molar-refractivity contribution >= 4 is 28.2 Å². The van der Waals surface area contributed by atoms with E-state index in [1.807, 2.05) is 6.92 Å². The third-order valence-corrected chi connectivity index (χ3v) is 2.67. The second kappa shape index (κ2) is 4.85. The van der Waals surface area contributed by atoms with Gasteiger partial charge in [-0.25, -0.2) is 10.8 Å². The average Bonchev–Trinajstić information content (AvgIpc) is 2.75. The number of amides is 1. The summed E-state index contributed by atoms with van der Waals surface area (Å²) >= 11 is 1.31. The Bertz CT molecular complexity index is 523. The first-order valence-corrected chi connectivity index (χ1v) is 5.55. The second-order valence-corrected chi connectivity index (χ2v) is 4.34. The lowest BCUT2D eigenvalue weighted by Crippen LogP contribution is -2.13. The lowest BCUT2D eigenvalue weighted by molar-refractivity contribution is 0.102. The molecule has 0 bridgehead atoms. The molecule has 0 unspecified atom stereocenters. The number of hydrogen-bond donors (Lipinski definition) is 3. The van der Waals surface area contributed by atoms with E-state index in [4.69, 9.17) is 5.84 Å². The van der Waals surface area contributed by atoms with Gasteiger partial charge >= 0.3 is 0 Å². The molecule has 1 amide bonds. The van der Waals surface area contributed by atoms with Crippen molar-refractivity contribution < 1.29 is 4.79 Å².